The molecule has 9 heteroatoms. The number of halogens is 2. The second kappa shape index (κ2) is 7.71. The molecule has 5 rings (SSSR count). The van der Waals surface area contributed by atoms with Gasteiger partial charge in [-0.05, 0) is 43.0 Å². The molecule has 1 fully saturated rings. The normalized spacial score (nSPS) is 19.3. The zero-order valence-electron chi connectivity index (χ0n) is 16.8. The number of hydrogen-bond acceptors (Lipinski definition) is 5. The van der Waals surface area contributed by atoms with E-state index in [2.05, 4.69) is 9.97 Å². The van der Waals surface area contributed by atoms with Gasteiger partial charge in [-0.1, -0.05) is 30.3 Å². The Morgan fingerprint density at radius 2 is 1.77 bits per heavy atom. The van der Waals surface area contributed by atoms with Gasteiger partial charge in [0.25, 0.3) is 6.43 Å². The summed E-state index contributed by atoms with van der Waals surface area (Å²) in [7, 11) is -3.60. The predicted octanol–water partition coefficient (Wildman–Crippen LogP) is 3.93. The molecular weight excluding hydrogens is 422 g/mol. The first kappa shape index (κ1) is 20.1. The summed E-state index contributed by atoms with van der Waals surface area (Å²) in [6.45, 7) is 1.21. The molecule has 6 nitrogen and oxygen atoms in total. The molecule has 2 aliphatic heterocycles. The van der Waals surface area contributed by atoms with Crippen molar-refractivity contribution in [2.75, 3.05) is 28.8 Å². The summed E-state index contributed by atoms with van der Waals surface area (Å²) in [6.07, 6.45) is -0.932. The van der Waals surface area contributed by atoms with E-state index < -0.39 is 27.5 Å². The average molecular weight is 445 g/mol. The number of alkyl halides is 2. The number of benzene rings is 2. The highest BCUT2D eigenvalue weighted by Gasteiger charge is 2.39. The summed E-state index contributed by atoms with van der Waals surface area (Å²) in [5.41, 5.74) is 2.20. The Morgan fingerprint density at radius 1 is 1.00 bits per heavy atom. The third-order valence-corrected chi connectivity index (χ3v) is 8.27. The molecule has 1 atom stereocenters. The van der Waals surface area contributed by atoms with Crippen LogP contribution in [0.5, 0.6) is 0 Å². The van der Waals surface area contributed by atoms with Gasteiger partial charge >= 0.3 is 0 Å². The molecule has 0 aliphatic carbocycles. The van der Waals surface area contributed by atoms with E-state index in [1.165, 1.54) is 4.31 Å². The fourth-order valence-electron chi connectivity index (χ4n) is 4.54. The second-order valence-electron chi connectivity index (χ2n) is 7.93. The molecule has 3 heterocycles. The lowest BCUT2D eigenvalue weighted by Gasteiger charge is -2.36. The summed E-state index contributed by atoms with van der Waals surface area (Å²) in [4.78, 5) is 9.93. The van der Waals surface area contributed by atoms with Gasteiger partial charge in [0.15, 0.2) is 5.82 Å². The van der Waals surface area contributed by atoms with Crippen LogP contribution in [0.4, 0.5) is 20.3 Å². The van der Waals surface area contributed by atoms with Gasteiger partial charge < -0.3 is 4.90 Å². The van der Waals surface area contributed by atoms with E-state index in [-0.39, 0.29) is 6.54 Å². The van der Waals surface area contributed by atoms with Gasteiger partial charge in [-0.25, -0.2) is 27.2 Å². The van der Waals surface area contributed by atoms with E-state index in [1.54, 1.807) is 24.3 Å². The number of sulfonamides is 1. The smallest absolute Gasteiger partial charge is 0.297 e. The summed E-state index contributed by atoms with van der Waals surface area (Å²) in [5.74, 6) is -0.158. The van der Waals surface area contributed by atoms with Gasteiger partial charge in [0.05, 0.1) is 16.5 Å². The van der Waals surface area contributed by atoms with Crippen molar-refractivity contribution < 1.29 is 17.2 Å². The number of piperidine rings is 1. The van der Waals surface area contributed by atoms with Gasteiger partial charge in [0, 0.05) is 25.0 Å². The molecule has 2 aliphatic rings. The minimum atomic E-state index is -3.60. The van der Waals surface area contributed by atoms with E-state index in [0.717, 1.165) is 11.3 Å². The molecule has 0 N–H and O–H groups in total. The molecule has 1 saturated heterocycles. The van der Waals surface area contributed by atoms with E-state index in [1.807, 2.05) is 29.2 Å². The van der Waals surface area contributed by atoms with Crippen molar-refractivity contribution in [3.63, 3.8) is 0 Å². The van der Waals surface area contributed by atoms with Crippen LogP contribution >= 0.6 is 0 Å². The number of rotatable bonds is 4. The number of aromatic nitrogens is 2. The number of fused-ring (bicyclic) bond motifs is 2. The van der Waals surface area contributed by atoms with Crippen molar-refractivity contribution in [2.45, 2.75) is 30.9 Å². The number of hydrogen-bond donors (Lipinski definition) is 0. The zero-order valence-corrected chi connectivity index (χ0v) is 17.6. The van der Waals surface area contributed by atoms with Crippen molar-refractivity contribution >= 4 is 32.4 Å². The van der Waals surface area contributed by atoms with E-state index >= 15 is 0 Å². The van der Waals surface area contributed by atoms with Crippen molar-refractivity contribution in [3.05, 3.63) is 59.9 Å². The zero-order chi connectivity index (χ0) is 21.6. The van der Waals surface area contributed by atoms with E-state index in [4.69, 9.17) is 0 Å². The Hall–Kier alpha value is -2.81. The minimum Gasteiger partial charge on any atom is -0.355 e. The Bertz CT molecular complexity index is 1240. The molecule has 0 amide bonds. The Balaban J connectivity index is 1.49. The highest BCUT2D eigenvalue weighted by Crippen LogP contribution is 2.35. The molecule has 0 saturated carbocycles. The third-order valence-electron chi connectivity index (χ3n) is 6.05. The average Bonchev–Trinajstić information content (AvgIpc) is 3.23. The number of para-hydroxylation sites is 2. The molecule has 1 unspecified atom stereocenters. The minimum absolute atomic E-state index is 0.213. The molecule has 162 valence electrons. The van der Waals surface area contributed by atoms with Gasteiger partial charge in [0.2, 0.25) is 10.0 Å². The van der Waals surface area contributed by atoms with Crippen molar-refractivity contribution in [3.8, 4) is 0 Å². The van der Waals surface area contributed by atoms with Crippen molar-refractivity contribution in [1.82, 2.24) is 9.97 Å². The van der Waals surface area contributed by atoms with Crippen LogP contribution in [0.3, 0.4) is 0 Å². The first-order chi connectivity index (χ1) is 14.9. The lowest BCUT2D eigenvalue weighted by molar-refractivity contribution is 0.141. The Kier molecular flexibility index (Phi) is 5.00. The lowest BCUT2D eigenvalue weighted by Crippen LogP contribution is -2.48. The highest BCUT2D eigenvalue weighted by atomic mass is 32.2. The maximum atomic E-state index is 13.5. The summed E-state index contributed by atoms with van der Waals surface area (Å²) < 4.78 is 55.4. The van der Waals surface area contributed by atoms with E-state index in [9.17, 15) is 17.2 Å². The molecule has 1 aromatic heterocycles. The van der Waals surface area contributed by atoms with Crippen LogP contribution in [0.1, 0.15) is 30.7 Å². The van der Waals surface area contributed by atoms with Crippen LogP contribution in [0.25, 0.3) is 10.9 Å². The maximum absolute atomic E-state index is 13.5. The monoisotopic (exact) mass is 444 g/mol. The van der Waals surface area contributed by atoms with Crippen LogP contribution in [-0.4, -0.2) is 43.3 Å². The summed E-state index contributed by atoms with van der Waals surface area (Å²) in [5, 5.41) is 0.0209. The fourth-order valence-corrected chi connectivity index (χ4v) is 6.53. The van der Waals surface area contributed by atoms with Gasteiger partial charge in [-0.15, -0.1) is 0 Å². The summed E-state index contributed by atoms with van der Waals surface area (Å²) >= 11 is 0. The molecule has 2 aromatic carbocycles. The molecule has 0 spiro atoms. The molecule has 0 radical (unpaired) electrons. The standard InChI is InChI=1S/C22H22F2N4O2S/c23-20(24)21-25-18-9-3-2-8-17(18)22(26-21)27-12-5-7-16(14-27)31(29,30)28-13-11-15-6-1-4-10-19(15)28/h1-4,6,8-10,16,20H,5,7,11-14H2. The predicted molar refractivity (Wildman–Crippen MR) is 116 cm³/mol. The maximum Gasteiger partial charge on any atom is 0.297 e. The summed E-state index contributed by atoms with van der Waals surface area (Å²) in [6, 6.07) is 14.6. The van der Waals surface area contributed by atoms with Gasteiger partial charge in [0.1, 0.15) is 5.82 Å². The van der Waals surface area contributed by atoms with Crippen LogP contribution < -0.4 is 9.21 Å². The molecule has 31 heavy (non-hydrogen) atoms. The number of nitrogens with zero attached hydrogens (tertiary/aromatic N) is 4. The van der Waals surface area contributed by atoms with Gasteiger partial charge in [-0.3, -0.25) is 4.31 Å². The van der Waals surface area contributed by atoms with E-state index in [0.29, 0.717) is 49.1 Å². The topological polar surface area (TPSA) is 66.4 Å². The van der Waals surface area contributed by atoms with Crippen LogP contribution in [-0.2, 0) is 16.4 Å². The van der Waals surface area contributed by atoms with Crippen LogP contribution in [0.15, 0.2) is 48.5 Å². The Morgan fingerprint density at radius 3 is 2.61 bits per heavy atom. The molecule has 3 aromatic rings. The molecule has 0 bridgehead atoms. The van der Waals surface area contributed by atoms with Crippen LogP contribution in [0.2, 0.25) is 0 Å². The van der Waals surface area contributed by atoms with Crippen molar-refractivity contribution in [2.24, 2.45) is 0 Å². The SMILES string of the molecule is O=S(=O)(C1CCCN(c2nc(C(F)F)nc3ccccc23)C1)N1CCc2ccccc21. The third kappa shape index (κ3) is 3.50. The number of anilines is 2. The molecular formula is C22H22F2N4O2S. The lowest BCUT2D eigenvalue weighted by atomic mass is 10.1. The quantitative estimate of drug-likeness (QED) is 0.610. The van der Waals surface area contributed by atoms with Crippen LogP contribution in [0, 0.1) is 0 Å². The first-order valence-corrected chi connectivity index (χ1v) is 11.8. The fraction of sp³-hybridized carbons (Fsp3) is 0.364. The first-order valence-electron chi connectivity index (χ1n) is 10.3. The van der Waals surface area contributed by atoms with Crippen molar-refractivity contribution in [1.29, 1.82) is 0 Å². The second-order valence-corrected chi connectivity index (χ2v) is 10.1. The highest BCUT2D eigenvalue weighted by molar-refractivity contribution is 7.93. The van der Waals surface area contributed by atoms with Gasteiger partial charge in [-0.2, -0.15) is 0 Å². The largest absolute Gasteiger partial charge is 0.355 e. The Labute approximate surface area is 179 Å².